The maximum atomic E-state index is 12.3. The van der Waals surface area contributed by atoms with Crippen LogP contribution >= 0.6 is 35.6 Å². The summed E-state index contributed by atoms with van der Waals surface area (Å²) in [5, 5.41) is 10.1. The van der Waals surface area contributed by atoms with Crippen LogP contribution in [0.4, 0.5) is 0 Å². The number of carbonyl (C=O) groups excluding carboxylic acids is 1. The van der Waals surface area contributed by atoms with Gasteiger partial charge in [-0.05, 0) is 49.7 Å². The smallest absolute Gasteiger partial charge is 0.306 e. The van der Waals surface area contributed by atoms with E-state index in [4.69, 9.17) is 28.3 Å². The van der Waals surface area contributed by atoms with E-state index in [0.717, 1.165) is 5.56 Å². The molecule has 0 saturated carbocycles. The molecule has 1 N–H and O–H groups in total. The number of aliphatic carboxylic acids is 1. The zero-order valence-electron chi connectivity index (χ0n) is 13.4. The van der Waals surface area contributed by atoms with Gasteiger partial charge in [-0.15, -0.1) is 12.4 Å². The molecule has 1 aromatic rings. The molecule has 1 aliphatic heterocycles. The lowest BCUT2D eigenvalue weighted by Crippen LogP contribution is -2.43. The molecule has 2 rings (SSSR count). The van der Waals surface area contributed by atoms with E-state index in [1.165, 1.54) is 0 Å². The third kappa shape index (κ3) is 6.13. The van der Waals surface area contributed by atoms with Crippen LogP contribution in [-0.2, 0) is 16.1 Å². The first kappa shape index (κ1) is 21.0. The van der Waals surface area contributed by atoms with E-state index in [2.05, 4.69) is 0 Å². The van der Waals surface area contributed by atoms with E-state index in [9.17, 15) is 9.59 Å². The third-order valence-corrected chi connectivity index (χ3v) is 4.50. The molecule has 134 valence electrons. The fourth-order valence-electron chi connectivity index (χ4n) is 2.71. The van der Waals surface area contributed by atoms with Crippen molar-refractivity contribution < 1.29 is 14.7 Å². The Bertz CT molecular complexity index is 570. The molecule has 24 heavy (non-hydrogen) atoms. The number of piperidine rings is 1. The summed E-state index contributed by atoms with van der Waals surface area (Å²) in [7, 11) is 1.74. The molecule has 0 unspecified atom stereocenters. The van der Waals surface area contributed by atoms with E-state index >= 15 is 0 Å². The molecule has 1 fully saturated rings. The summed E-state index contributed by atoms with van der Waals surface area (Å²) in [4.78, 5) is 26.9. The number of halogens is 3. The van der Waals surface area contributed by atoms with E-state index < -0.39 is 5.97 Å². The van der Waals surface area contributed by atoms with Gasteiger partial charge in [0.15, 0.2) is 0 Å². The van der Waals surface area contributed by atoms with E-state index in [1.54, 1.807) is 30.1 Å². The summed E-state index contributed by atoms with van der Waals surface area (Å²) < 4.78 is 0. The van der Waals surface area contributed by atoms with Crippen LogP contribution in [0.5, 0.6) is 0 Å². The average Bonchev–Trinajstić information content (AvgIpc) is 2.46. The lowest BCUT2D eigenvalue weighted by Gasteiger charge is -2.30. The number of likely N-dealkylation sites (N-methyl/N-ethyl adjacent to an activating group) is 1. The Morgan fingerprint density at radius 1 is 1.21 bits per heavy atom. The normalized spacial score (nSPS) is 15.6. The molecule has 1 aromatic carbocycles. The number of nitrogens with zero attached hydrogens (tertiary/aromatic N) is 2. The summed E-state index contributed by atoms with van der Waals surface area (Å²) in [5.41, 5.74) is 0.878. The van der Waals surface area contributed by atoms with Crippen LogP contribution in [-0.4, -0.2) is 53.5 Å². The van der Waals surface area contributed by atoms with Gasteiger partial charge in [-0.2, -0.15) is 0 Å². The molecule has 0 bridgehead atoms. The Balaban J connectivity index is 0.00000288. The Morgan fingerprint density at radius 2 is 1.75 bits per heavy atom. The quantitative estimate of drug-likeness (QED) is 0.832. The fourth-order valence-corrected chi connectivity index (χ4v) is 3.29. The number of amides is 1. The Hall–Kier alpha value is -1.01. The average molecular weight is 396 g/mol. The SMILES string of the molecule is CN(Cc1cc(Cl)cc(Cl)c1)C(=O)CN1CCC(C(=O)O)CC1.Cl. The van der Waals surface area contributed by atoms with Gasteiger partial charge < -0.3 is 10.0 Å². The van der Waals surface area contributed by atoms with E-state index in [1.807, 2.05) is 4.90 Å². The summed E-state index contributed by atoms with van der Waals surface area (Å²) in [5.74, 6) is -1.03. The Labute approximate surface area is 157 Å². The van der Waals surface area contributed by atoms with Crippen molar-refractivity contribution in [3.05, 3.63) is 33.8 Å². The van der Waals surface area contributed by atoms with Crippen molar-refractivity contribution in [2.45, 2.75) is 19.4 Å². The molecule has 8 heteroatoms. The molecule has 0 atom stereocenters. The van der Waals surface area contributed by atoms with E-state index in [0.29, 0.717) is 49.1 Å². The number of carboxylic acid groups (broad SMARTS) is 1. The lowest BCUT2D eigenvalue weighted by atomic mass is 9.97. The van der Waals surface area contributed by atoms with Crippen LogP contribution in [0, 0.1) is 5.92 Å². The molecule has 1 saturated heterocycles. The lowest BCUT2D eigenvalue weighted by molar-refractivity contribution is -0.143. The number of hydrogen-bond acceptors (Lipinski definition) is 3. The number of benzene rings is 1. The summed E-state index contributed by atoms with van der Waals surface area (Å²) in [6.45, 7) is 2.01. The van der Waals surface area contributed by atoms with Gasteiger partial charge in [-0.1, -0.05) is 23.2 Å². The van der Waals surface area contributed by atoms with Crippen LogP contribution in [0.3, 0.4) is 0 Å². The molecule has 1 heterocycles. The third-order valence-electron chi connectivity index (χ3n) is 4.06. The Morgan fingerprint density at radius 3 is 2.25 bits per heavy atom. The van der Waals surface area contributed by atoms with Crippen LogP contribution in [0.1, 0.15) is 18.4 Å². The van der Waals surface area contributed by atoms with E-state index in [-0.39, 0.29) is 24.2 Å². The maximum absolute atomic E-state index is 12.3. The molecule has 0 aliphatic carbocycles. The van der Waals surface area contributed by atoms with Crippen molar-refractivity contribution in [2.75, 3.05) is 26.7 Å². The van der Waals surface area contributed by atoms with Crippen LogP contribution < -0.4 is 0 Å². The summed E-state index contributed by atoms with van der Waals surface area (Å²) >= 11 is 11.9. The highest BCUT2D eigenvalue weighted by molar-refractivity contribution is 6.34. The molecule has 0 spiro atoms. The predicted molar refractivity (Wildman–Crippen MR) is 97.0 cm³/mol. The van der Waals surface area contributed by atoms with Gasteiger partial charge in [0.05, 0.1) is 12.5 Å². The first-order valence-corrected chi connectivity index (χ1v) is 8.25. The highest BCUT2D eigenvalue weighted by atomic mass is 35.5. The van der Waals surface area contributed by atoms with Gasteiger partial charge in [0, 0.05) is 23.6 Å². The molecular weight excluding hydrogens is 375 g/mol. The van der Waals surface area contributed by atoms with Crippen molar-refractivity contribution in [3.63, 3.8) is 0 Å². The largest absolute Gasteiger partial charge is 0.481 e. The second-order valence-corrected chi connectivity index (χ2v) is 6.79. The molecule has 5 nitrogen and oxygen atoms in total. The summed E-state index contributed by atoms with van der Waals surface area (Å²) in [6, 6.07) is 5.23. The van der Waals surface area contributed by atoms with Gasteiger partial charge in [-0.25, -0.2) is 0 Å². The summed E-state index contributed by atoms with van der Waals surface area (Å²) in [6.07, 6.45) is 1.19. The second kappa shape index (κ2) is 9.47. The van der Waals surface area contributed by atoms with Gasteiger partial charge in [0.2, 0.25) is 5.91 Å². The monoisotopic (exact) mass is 394 g/mol. The zero-order valence-corrected chi connectivity index (χ0v) is 15.7. The Kier molecular flexibility index (Phi) is 8.30. The maximum Gasteiger partial charge on any atom is 0.306 e. The molecule has 0 aromatic heterocycles. The van der Waals surface area contributed by atoms with Gasteiger partial charge in [0.1, 0.15) is 0 Å². The fraction of sp³-hybridized carbons (Fsp3) is 0.500. The van der Waals surface area contributed by atoms with Crippen LogP contribution in [0.25, 0.3) is 0 Å². The van der Waals surface area contributed by atoms with Crippen LogP contribution in [0.15, 0.2) is 18.2 Å². The number of rotatable bonds is 5. The highest BCUT2D eigenvalue weighted by Gasteiger charge is 2.26. The second-order valence-electron chi connectivity index (χ2n) is 5.92. The molecule has 1 aliphatic rings. The zero-order chi connectivity index (χ0) is 17.0. The topological polar surface area (TPSA) is 60.9 Å². The predicted octanol–water partition coefficient (Wildman–Crippen LogP) is 3.17. The minimum absolute atomic E-state index is 0. The number of carboxylic acids is 1. The number of carbonyl (C=O) groups is 2. The minimum atomic E-state index is -0.745. The van der Waals surface area contributed by atoms with Crippen molar-refractivity contribution in [2.24, 2.45) is 5.92 Å². The number of likely N-dealkylation sites (tertiary alicyclic amines) is 1. The first-order valence-electron chi connectivity index (χ1n) is 7.49. The van der Waals surface area contributed by atoms with Crippen molar-refractivity contribution in [1.29, 1.82) is 0 Å². The first-order chi connectivity index (χ1) is 10.8. The van der Waals surface area contributed by atoms with Crippen molar-refractivity contribution in [1.82, 2.24) is 9.80 Å². The minimum Gasteiger partial charge on any atom is -0.481 e. The molecular formula is C16H21Cl3N2O3. The molecule has 0 radical (unpaired) electrons. The van der Waals surface area contributed by atoms with Crippen LogP contribution in [0.2, 0.25) is 10.0 Å². The highest BCUT2D eigenvalue weighted by Crippen LogP contribution is 2.20. The van der Waals surface area contributed by atoms with Crippen molar-refractivity contribution >= 4 is 47.5 Å². The standard InChI is InChI=1S/C16H20Cl2N2O3.ClH/c1-19(9-11-6-13(17)8-14(18)7-11)15(21)10-20-4-2-12(3-5-20)16(22)23;/h6-8,12H,2-5,9-10H2,1H3,(H,22,23);1H. The number of hydrogen-bond donors (Lipinski definition) is 1. The molecule has 1 amide bonds. The van der Waals surface area contributed by atoms with Gasteiger partial charge in [-0.3, -0.25) is 14.5 Å². The van der Waals surface area contributed by atoms with Gasteiger partial charge >= 0.3 is 5.97 Å². The van der Waals surface area contributed by atoms with Crippen molar-refractivity contribution in [3.8, 4) is 0 Å². The van der Waals surface area contributed by atoms with Gasteiger partial charge in [0.25, 0.3) is 0 Å².